The summed E-state index contributed by atoms with van der Waals surface area (Å²) in [6.07, 6.45) is 2.74. The molecule has 0 aliphatic rings. The Hall–Kier alpha value is -2.21. The fourth-order valence-electron chi connectivity index (χ4n) is 1.67. The molecule has 6 heteroatoms. The highest BCUT2D eigenvalue weighted by Gasteiger charge is 2.13. The molecular weight excluding hydrogens is 256 g/mol. The highest BCUT2D eigenvalue weighted by molar-refractivity contribution is 5.92. The quantitative estimate of drug-likeness (QED) is 0.747. The van der Waals surface area contributed by atoms with Crippen LogP contribution in [-0.4, -0.2) is 35.7 Å². The monoisotopic (exact) mass is 274 g/mol. The third-order valence-electron chi connectivity index (χ3n) is 2.68. The molecule has 0 saturated carbocycles. The lowest BCUT2D eigenvalue weighted by molar-refractivity contribution is 0.0917. The summed E-state index contributed by atoms with van der Waals surface area (Å²) >= 11 is 0. The number of carbonyl (C=O) groups excluding carboxylic acids is 1. The van der Waals surface area contributed by atoms with E-state index in [0.29, 0.717) is 17.9 Å². The maximum absolute atomic E-state index is 11.8. The summed E-state index contributed by atoms with van der Waals surface area (Å²) in [6.45, 7) is 4.33. The van der Waals surface area contributed by atoms with E-state index in [1.54, 1.807) is 12.3 Å². The summed E-state index contributed by atoms with van der Waals surface area (Å²) in [5.74, 6) is -0.0703. The van der Waals surface area contributed by atoms with Crippen LogP contribution in [0.15, 0.2) is 35.0 Å². The maximum Gasteiger partial charge on any atom is 0.289 e. The average Bonchev–Trinajstić information content (AvgIpc) is 2.98. The van der Waals surface area contributed by atoms with Crippen molar-refractivity contribution in [1.82, 2.24) is 20.8 Å². The maximum atomic E-state index is 11.8. The number of nitrogens with zero attached hydrogens (tertiary/aromatic N) is 2. The van der Waals surface area contributed by atoms with E-state index in [0.717, 1.165) is 19.5 Å². The predicted molar refractivity (Wildman–Crippen MR) is 75.2 cm³/mol. The molecule has 2 aromatic rings. The van der Waals surface area contributed by atoms with Crippen LogP contribution in [0.5, 0.6) is 0 Å². The molecule has 0 saturated heterocycles. The molecule has 2 heterocycles. The Morgan fingerprint density at radius 2 is 2.15 bits per heavy atom. The molecule has 106 valence electrons. The molecule has 0 unspecified atom stereocenters. The van der Waals surface area contributed by atoms with Crippen LogP contribution in [0.25, 0.3) is 11.4 Å². The minimum Gasteiger partial charge on any atom is -0.350 e. The Morgan fingerprint density at radius 1 is 1.25 bits per heavy atom. The van der Waals surface area contributed by atoms with Gasteiger partial charge in [-0.15, -0.1) is 0 Å². The summed E-state index contributed by atoms with van der Waals surface area (Å²) in [4.78, 5) is 16.0. The van der Waals surface area contributed by atoms with E-state index in [1.807, 2.05) is 18.2 Å². The third-order valence-corrected chi connectivity index (χ3v) is 2.68. The van der Waals surface area contributed by atoms with Crippen molar-refractivity contribution in [2.75, 3.05) is 19.6 Å². The topological polar surface area (TPSA) is 80.0 Å². The molecule has 0 radical (unpaired) electrons. The van der Waals surface area contributed by atoms with E-state index in [9.17, 15) is 4.79 Å². The minimum absolute atomic E-state index is 0.196. The van der Waals surface area contributed by atoms with Crippen LogP contribution >= 0.6 is 0 Å². The van der Waals surface area contributed by atoms with Gasteiger partial charge in [0.25, 0.3) is 5.91 Å². The number of pyridine rings is 1. The lowest BCUT2D eigenvalue weighted by Crippen LogP contribution is -2.31. The van der Waals surface area contributed by atoms with Crippen molar-refractivity contribution in [3.63, 3.8) is 0 Å². The smallest absolute Gasteiger partial charge is 0.289 e. The number of rotatable bonds is 7. The van der Waals surface area contributed by atoms with Crippen molar-refractivity contribution in [2.45, 2.75) is 13.3 Å². The third kappa shape index (κ3) is 3.89. The zero-order valence-corrected chi connectivity index (χ0v) is 11.4. The van der Waals surface area contributed by atoms with Gasteiger partial charge in [0.15, 0.2) is 0 Å². The lowest BCUT2D eigenvalue weighted by Gasteiger charge is -2.03. The molecule has 0 aliphatic carbocycles. The Bertz CT molecular complexity index is 539. The number of amides is 1. The zero-order chi connectivity index (χ0) is 14.2. The van der Waals surface area contributed by atoms with Crippen molar-refractivity contribution in [3.8, 4) is 11.4 Å². The highest BCUT2D eigenvalue weighted by atomic mass is 16.5. The largest absolute Gasteiger partial charge is 0.350 e. The molecule has 2 N–H and O–H groups in total. The van der Waals surface area contributed by atoms with Gasteiger partial charge in [-0.2, -0.15) is 0 Å². The highest BCUT2D eigenvalue weighted by Crippen LogP contribution is 2.15. The first kappa shape index (κ1) is 14.2. The Morgan fingerprint density at radius 3 is 2.90 bits per heavy atom. The fourth-order valence-corrected chi connectivity index (χ4v) is 1.67. The Kier molecular flexibility index (Phi) is 5.25. The van der Waals surface area contributed by atoms with Gasteiger partial charge in [0, 0.05) is 25.4 Å². The van der Waals surface area contributed by atoms with Crippen LogP contribution in [0.2, 0.25) is 0 Å². The number of hydrogen-bond acceptors (Lipinski definition) is 5. The molecule has 0 spiro atoms. The van der Waals surface area contributed by atoms with Crippen molar-refractivity contribution in [3.05, 3.63) is 36.2 Å². The van der Waals surface area contributed by atoms with E-state index < -0.39 is 0 Å². The van der Waals surface area contributed by atoms with Crippen molar-refractivity contribution in [1.29, 1.82) is 0 Å². The second kappa shape index (κ2) is 7.40. The molecule has 0 atom stereocenters. The molecule has 0 fully saturated rings. The standard InChI is InChI=1S/C14H18N4O2/c1-2-6-15-8-9-17-14(19)13-10-12(18-20-13)11-5-3-4-7-16-11/h3-5,7,10,15H,2,6,8-9H2,1H3,(H,17,19). The van der Waals surface area contributed by atoms with Gasteiger partial charge in [-0.25, -0.2) is 0 Å². The fraction of sp³-hybridized carbons (Fsp3) is 0.357. The van der Waals surface area contributed by atoms with Crippen LogP contribution in [0.3, 0.4) is 0 Å². The number of hydrogen-bond donors (Lipinski definition) is 2. The summed E-state index contributed by atoms with van der Waals surface area (Å²) in [5.41, 5.74) is 1.24. The van der Waals surface area contributed by atoms with Gasteiger partial charge in [0.2, 0.25) is 5.76 Å². The SMILES string of the molecule is CCCNCCNC(=O)c1cc(-c2ccccn2)no1. The molecule has 1 amide bonds. The number of carbonyl (C=O) groups is 1. The number of aromatic nitrogens is 2. The van der Waals surface area contributed by atoms with Crippen LogP contribution in [-0.2, 0) is 0 Å². The molecule has 20 heavy (non-hydrogen) atoms. The van der Waals surface area contributed by atoms with Gasteiger partial charge in [0.05, 0.1) is 5.69 Å². The lowest BCUT2D eigenvalue weighted by atomic mass is 10.2. The summed E-state index contributed by atoms with van der Waals surface area (Å²) in [5, 5.41) is 9.82. The van der Waals surface area contributed by atoms with Gasteiger partial charge in [-0.1, -0.05) is 18.1 Å². The summed E-state index contributed by atoms with van der Waals surface area (Å²) < 4.78 is 5.04. The summed E-state index contributed by atoms with van der Waals surface area (Å²) in [6, 6.07) is 7.09. The van der Waals surface area contributed by atoms with E-state index in [4.69, 9.17) is 4.52 Å². The van der Waals surface area contributed by atoms with Crippen LogP contribution in [0, 0.1) is 0 Å². The summed E-state index contributed by atoms with van der Waals surface area (Å²) in [7, 11) is 0. The molecule has 6 nitrogen and oxygen atoms in total. The van der Waals surface area contributed by atoms with Crippen molar-refractivity contribution in [2.24, 2.45) is 0 Å². The van der Waals surface area contributed by atoms with Crippen molar-refractivity contribution < 1.29 is 9.32 Å². The van der Waals surface area contributed by atoms with Crippen LogP contribution < -0.4 is 10.6 Å². The van der Waals surface area contributed by atoms with E-state index >= 15 is 0 Å². The van der Waals surface area contributed by atoms with Gasteiger partial charge >= 0.3 is 0 Å². The molecule has 0 aromatic carbocycles. The van der Waals surface area contributed by atoms with Gasteiger partial charge in [0.1, 0.15) is 5.69 Å². The first-order valence-corrected chi connectivity index (χ1v) is 6.68. The molecule has 2 aromatic heterocycles. The first-order chi connectivity index (χ1) is 9.81. The molecule has 2 rings (SSSR count). The normalized spacial score (nSPS) is 10.4. The molecular formula is C14H18N4O2. The Balaban J connectivity index is 1.87. The second-order valence-electron chi connectivity index (χ2n) is 4.30. The van der Waals surface area contributed by atoms with Crippen molar-refractivity contribution >= 4 is 5.91 Å². The first-order valence-electron chi connectivity index (χ1n) is 6.68. The van der Waals surface area contributed by atoms with Gasteiger partial charge < -0.3 is 15.2 Å². The molecule has 0 bridgehead atoms. The minimum atomic E-state index is -0.266. The van der Waals surface area contributed by atoms with E-state index in [2.05, 4.69) is 27.7 Å². The van der Waals surface area contributed by atoms with Gasteiger partial charge in [-0.3, -0.25) is 9.78 Å². The van der Waals surface area contributed by atoms with Gasteiger partial charge in [-0.05, 0) is 25.1 Å². The van der Waals surface area contributed by atoms with Crippen LogP contribution in [0.4, 0.5) is 0 Å². The predicted octanol–water partition coefficient (Wildman–Crippen LogP) is 1.47. The Labute approximate surface area is 117 Å². The average molecular weight is 274 g/mol. The van der Waals surface area contributed by atoms with E-state index in [1.165, 1.54) is 0 Å². The molecule has 0 aliphatic heterocycles. The van der Waals surface area contributed by atoms with Crippen LogP contribution in [0.1, 0.15) is 23.9 Å². The second-order valence-corrected chi connectivity index (χ2v) is 4.30. The zero-order valence-electron chi connectivity index (χ0n) is 11.4. The number of nitrogens with one attached hydrogen (secondary N) is 2. The van der Waals surface area contributed by atoms with E-state index in [-0.39, 0.29) is 11.7 Å².